The lowest BCUT2D eigenvalue weighted by Crippen LogP contribution is -2.38. The lowest BCUT2D eigenvalue weighted by molar-refractivity contribution is 0.103. The van der Waals surface area contributed by atoms with Gasteiger partial charge >= 0.3 is 0 Å². The fourth-order valence-electron chi connectivity index (χ4n) is 3.33. The van der Waals surface area contributed by atoms with Crippen molar-refractivity contribution in [2.45, 2.75) is 45.1 Å². The molecule has 17 heavy (non-hydrogen) atoms. The largest absolute Gasteiger partial charge is 0.374 e. The second-order valence-corrected chi connectivity index (χ2v) is 6.61. The number of piperidine rings is 1. The van der Waals surface area contributed by atoms with Gasteiger partial charge in [0.2, 0.25) is 5.13 Å². The Balaban J connectivity index is 1.54. The fraction of sp³-hybridized carbons (Fsp3) is 0.833. The summed E-state index contributed by atoms with van der Waals surface area (Å²) in [6.07, 6.45) is 8.58. The maximum absolute atomic E-state index is 5.60. The average molecular weight is 252 g/mol. The molecule has 1 saturated heterocycles. The lowest BCUT2D eigenvalue weighted by Gasteiger charge is -2.39. The number of nitrogen functional groups attached to an aromatic ring is 1. The van der Waals surface area contributed by atoms with Gasteiger partial charge in [0, 0.05) is 0 Å². The molecule has 0 radical (unpaired) electrons. The highest BCUT2D eigenvalue weighted by Crippen LogP contribution is 2.46. The second-order valence-electron chi connectivity index (χ2n) is 5.52. The van der Waals surface area contributed by atoms with Gasteiger partial charge in [-0.3, -0.25) is 4.90 Å². The molecule has 1 spiro atoms. The summed E-state index contributed by atoms with van der Waals surface area (Å²) < 4.78 is 0. The van der Waals surface area contributed by atoms with Crippen molar-refractivity contribution in [3.8, 4) is 0 Å². The van der Waals surface area contributed by atoms with Crippen LogP contribution in [0.4, 0.5) is 5.13 Å². The van der Waals surface area contributed by atoms with Crippen molar-refractivity contribution < 1.29 is 0 Å². The van der Waals surface area contributed by atoms with Crippen LogP contribution in [0.2, 0.25) is 0 Å². The van der Waals surface area contributed by atoms with Gasteiger partial charge in [0.1, 0.15) is 5.01 Å². The monoisotopic (exact) mass is 252 g/mol. The highest BCUT2D eigenvalue weighted by atomic mass is 32.1. The van der Waals surface area contributed by atoms with Crippen LogP contribution in [0.5, 0.6) is 0 Å². The van der Waals surface area contributed by atoms with Crippen LogP contribution in [-0.4, -0.2) is 28.2 Å². The number of hydrogen-bond donors (Lipinski definition) is 1. The molecule has 0 amide bonds. The van der Waals surface area contributed by atoms with Crippen molar-refractivity contribution in [1.82, 2.24) is 15.1 Å². The number of nitrogens with two attached hydrogens (primary N) is 1. The van der Waals surface area contributed by atoms with E-state index < -0.39 is 0 Å². The topological polar surface area (TPSA) is 55.0 Å². The van der Waals surface area contributed by atoms with E-state index in [0.717, 1.165) is 11.6 Å². The SMILES string of the molecule is Nc1nnc(CN2CCC3(CCCC3)CC2)s1. The molecule has 1 aliphatic heterocycles. The number of hydrogen-bond acceptors (Lipinski definition) is 5. The average Bonchev–Trinajstić information content (AvgIpc) is 2.93. The molecule has 94 valence electrons. The van der Waals surface area contributed by atoms with E-state index in [4.69, 9.17) is 5.73 Å². The summed E-state index contributed by atoms with van der Waals surface area (Å²) in [5.74, 6) is 0. The zero-order chi connectivity index (χ0) is 11.7. The van der Waals surface area contributed by atoms with Gasteiger partial charge < -0.3 is 5.73 Å². The predicted molar refractivity (Wildman–Crippen MR) is 69.7 cm³/mol. The molecule has 3 rings (SSSR count). The Kier molecular flexibility index (Phi) is 3.04. The number of likely N-dealkylation sites (tertiary alicyclic amines) is 1. The third-order valence-electron chi connectivity index (χ3n) is 4.42. The molecule has 0 atom stereocenters. The van der Waals surface area contributed by atoms with Crippen LogP contribution < -0.4 is 5.73 Å². The summed E-state index contributed by atoms with van der Waals surface area (Å²) in [6.45, 7) is 3.38. The quantitative estimate of drug-likeness (QED) is 0.877. The first kappa shape index (κ1) is 11.4. The van der Waals surface area contributed by atoms with E-state index >= 15 is 0 Å². The second kappa shape index (κ2) is 4.53. The van der Waals surface area contributed by atoms with Crippen molar-refractivity contribution in [2.24, 2.45) is 5.41 Å². The Morgan fingerprint density at radius 2 is 1.82 bits per heavy atom. The van der Waals surface area contributed by atoms with Crippen molar-refractivity contribution in [2.75, 3.05) is 18.8 Å². The molecule has 0 bridgehead atoms. The van der Waals surface area contributed by atoms with Crippen LogP contribution in [0.3, 0.4) is 0 Å². The number of aromatic nitrogens is 2. The van der Waals surface area contributed by atoms with Crippen LogP contribution >= 0.6 is 11.3 Å². The molecular formula is C12H20N4S. The number of anilines is 1. The van der Waals surface area contributed by atoms with E-state index in [1.54, 1.807) is 0 Å². The van der Waals surface area contributed by atoms with Gasteiger partial charge in [-0.15, -0.1) is 10.2 Å². The normalized spacial score (nSPS) is 24.5. The highest BCUT2D eigenvalue weighted by Gasteiger charge is 2.36. The number of rotatable bonds is 2. The summed E-state index contributed by atoms with van der Waals surface area (Å²) in [4.78, 5) is 2.50. The first-order valence-corrected chi connectivity index (χ1v) is 7.38. The molecule has 1 saturated carbocycles. The van der Waals surface area contributed by atoms with Crippen LogP contribution in [0.1, 0.15) is 43.5 Å². The van der Waals surface area contributed by atoms with E-state index in [2.05, 4.69) is 15.1 Å². The maximum Gasteiger partial charge on any atom is 0.203 e. The van der Waals surface area contributed by atoms with E-state index in [-0.39, 0.29) is 0 Å². The van der Waals surface area contributed by atoms with Crippen LogP contribution in [0.15, 0.2) is 0 Å². The van der Waals surface area contributed by atoms with Gasteiger partial charge in [-0.1, -0.05) is 24.2 Å². The standard InChI is InChI=1S/C12H20N4S/c13-11-15-14-10(17-11)9-16-7-5-12(6-8-16)3-1-2-4-12/h1-9H2,(H2,13,15). The van der Waals surface area contributed by atoms with Crippen molar-refractivity contribution in [3.63, 3.8) is 0 Å². The molecule has 0 aromatic carbocycles. The van der Waals surface area contributed by atoms with Crippen LogP contribution in [0, 0.1) is 5.41 Å². The van der Waals surface area contributed by atoms with Gasteiger partial charge in [-0.05, 0) is 44.2 Å². The van der Waals surface area contributed by atoms with Gasteiger partial charge in [0.05, 0.1) is 6.54 Å². The molecule has 1 aromatic rings. The molecule has 2 N–H and O–H groups in total. The van der Waals surface area contributed by atoms with Crippen molar-refractivity contribution in [3.05, 3.63) is 5.01 Å². The van der Waals surface area contributed by atoms with Crippen LogP contribution in [0.25, 0.3) is 0 Å². The zero-order valence-corrected chi connectivity index (χ0v) is 11.0. The molecule has 2 aliphatic rings. The Morgan fingerprint density at radius 1 is 1.12 bits per heavy atom. The minimum absolute atomic E-state index is 0.587. The Morgan fingerprint density at radius 3 is 2.41 bits per heavy atom. The first-order valence-electron chi connectivity index (χ1n) is 6.56. The van der Waals surface area contributed by atoms with Gasteiger partial charge in [-0.25, -0.2) is 0 Å². The summed E-state index contributed by atoms with van der Waals surface area (Å²) in [5, 5.41) is 9.62. The van der Waals surface area contributed by atoms with Gasteiger partial charge in [0.15, 0.2) is 0 Å². The van der Waals surface area contributed by atoms with E-state index in [1.807, 2.05) is 0 Å². The minimum atomic E-state index is 0.587. The van der Waals surface area contributed by atoms with Crippen molar-refractivity contribution in [1.29, 1.82) is 0 Å². The molecular weight excluding hydrogens is 232 g/mol. The van der Waals surface area contributed by atoms with E-state index in [0.29, 0.717) is 10.5 Å². The highest BCUT2D eigenvalue weighted by molar-refractivity contribution is 7.15. The van der Waals surface area contributed by atoms with Crippen molar-refractivity contribution >= 4 is 16.5 Å². The fourth-order valence-corrected chi connectivity index (χ4v) is 3.98. The lowest BCUT2D eigenvalue weighted by atomic mass is 9.77. The third kappa shape index (κ3) is 2.45. The van der Waals surface area contributed by atoms with E-state index in [1.165, 1.54) is 63.0 Å². The Hall–Kier alpha value is -0.680. The van der Waals surface area contributed by atoms with E-state index in [9.17, 15) is 0 Å². The van der Waals surface area contributed by atoms with Gasteiger partial charge in [-0.2, -0.15) is 0 Å². The minimum Gasteiger partial charge on any atom is -0.374 e. The smallest absolute Gasteiger partial charge is 0.203 e. The molecule has 2 heterocycles. The molecule has 4 nitrogen and oxygen atoms in total. The van der Waals surface area contributed by atoms with Crippen LogP contribution in [-0.2, 0) is 6.54 Å². The summed E-state index contributed by atoms with van der Waals surface area (Å²) >= 11 is 1.52. The Labute approximate surface area is 106 Å². The Bertz CT molecular complexity index is 374. The summed E-state index contributed by atoms with van der Waals surface area (Å²) in [5.41, 5.74) is 6.31. The molecule has 1 aliphatic carbocycles. The third-order valence-corrected chi connectivity index (χ3v) is 5.16. The predicted octanol–water partition coefficient (Wildman–Crippen LogP) is 2.28. The summed E-state index contributed by atoms with van der Waals surface area (Å²) in [6, 6.07) is 0. The maximum atomic E-state index is 5.60. The molecule has 0 unspecified atom stereocenters. The summed E-state index contributed by atoms with van der Waals surface area (Å²) in [7, 11) is 0. The molecule has 5 heteroatoms. The molecule has 2 fully saturated rings. The van der Waals surface area contributed by atoms with Gasteiger partial charge in [0.25, 0.3) is 0 Å². The number of nitrogens with zero attached hydrogens (tertiary/aromatic N) is 3. The molecule has 1 aromatic heterocycles. The zero-order valence-electron chi connectivity index (χ0n) is 10.2. The first-order chi connectivity index (χ1) is 8.26.